The Kier molecular flexibility index (Phi) is 3.84. The van der Waals surface area contributed by atoms with E-state index in [9.17, 15) is 4.79 Å². The van der Waals surface area contributed by atoms with Gasteiger partial charge in [-0.15, -0.1) is 0 Å². The van der Waals surface area contributed by atoms with Crippen molar-refractivity contribution in [2.45, 2.75) is 19.9 Å². The molecule has 17 heavy (non-hydrogen) atoms. The van der Waals surface area contributed by atoms with Crippen LogP contribution in [0.5, 0.6) is 0 Å². The lowest BCUT2D eigenvalue weighted by Gasteiger charge is -2.05. The third-order valence-corrected chi connectivity index (χ3v) is 3.09. The standard InChI is InChI=1S/C13H14BrNO2/c1-2-17-13(16)6-8-15-7-5-10-3-4-11(14)9-12(10)15/h3-5,7,9H,2,6,8H2,1H3. The number of rotatable bonds is 4. The summed E-state index contributed by atoms with van der Waals surface area (Å²) >= 11 is 3.45. The molecule has 1 aromatic heterocycles. The van der Waals surface area contributed by atoms with E-state index < -0.39 is 0 Å². The van der Waals surface area contributed by atoms with Crippen molar-refractivity contribution in [3.63, 3.8) is 0 Å². The number of benzene rings is 1. The van der Waals surface area contributed by atoms with Crippen molar-refractivity contribution in [3.05, 3.63) is 34.9 Å². The number of esters is 1. The van der Waals surface area contributed by atoms with Gasteiger partial charge in [-0.05, 0) is 30.5 Å². The summed E-state index contributed by atoms with van der Waals surface area (Å²) in [5.74, 6) is -0.149. The molecule has 0 saturated carbocycles. The molecule has 0 amide bonds. The quantitative estimate of drug-likeness (QED) is 0.810. The van der Waals surface area contributed by atoms with Gasteiger partial charge in [-0.1, -0.05) is 22.0 Å². The van der Waals surface area contributed by atoms with Crippen LogP contribution >= 0.6 is 15.9 Å². The van der Waals surface area contributed by atoms with Gasteiger partial charge in [-0.25, -0.2) is 0 Å². The highest BCUT2D eigenvalue weighted by molar-refractivity contribution is 9.10. The van der Waals surface area contributed by atoms with Gasteiger partial charge in [0.15, 0.2) is 0 Å². The number of hydrogen-bond acceptors (Lipinski definition) is 2. The molecule has 0 aliphatic heterocycles. The maximum Gasteiger partial charge on any atom is 0.307 e. The molecule has 0 aliphatic rings. The second-order valence-corrected chi connectivity index (χ2v) is 4.68. The smallest absolute Gasteiger partial charge is 0.307 e. The lowest BCUT2D eigenvalue weighted by atomic mass is 10.2. The van der Waals surface area contributed by atoms with Crippen molar-refractivity contribution in [2.75, 3.05) is 6.61 Å². The third-order valence-electron chi connectivity index (χ3n) is 2.60. The van der Waals surface area contributed by atoms with E-state index in [4.69, 9.17) is 4.74 Å². The molecule has 90 valence electrons. The second-order valence-electron chi connectivity index (χ2n) is 3.77. The number of hydrogen-bond donors (Lipinski definition) is 0. The average Bonchev–Trinajstić information content (AvgIpc) is 2.69. The molecule has 0 unspecified atom stereocenters. The molecule has 2 aromatic rings. The number of carbonyl (C=O) groups is 1. The van der Waals surface area contributed by atoms with E-state index in [0.29, 0.717) is 19.6 Å². The Bertz CT molecular complexity index is 533. The summed E-state index contributed by atoms with van der Waals surface area (Å²) in [5.41, 5.74) is 1.13. The highest BCUT2D eigenvalue weighted by Gasteiger charge is 2.05. The topological polar surface area (TPSA) is 31.2 Å². The van der Waals surface area contributed by atoms with Crippen LogP contribution in [-0.4, -0.2) is 17.1 Å². The largest absolute Gasteiger partial charge is 0.466 e. The maximum absolute atomic E-state index is 11.3. The fourth-order valence-corrected chi connectivity index (χ4v) is 2.15. The summed E-state index contributed by atoms with van der Waals surface area (Å²) in [7, 11) is 0. The van der Waals surface area contributed by atoms with Gasteiger partial charge in [0, 0.05) is 22.7 Å². The zero-order valence-corrected chi connectivity index (χ0v) is 11.2. The van der Waals surface area contributed by atoms with Crippen LogP contribution in [-0.2, 0) is 16.1 Å². The van der Waals surface area contributed by atoms with Gasteiger partial charge in [-0.2, -0.15) is 0 Å². The van der Waals surface area contributed by atoms with Crippen LogP contribution in [0.4, 0.5) is 0 Å². The Morgan fingerprint density at radius 3 is 3.00 bits per heavy atom. The fourth-order valence-electron chi connectivity index (χ4n) is 1.80. The van der Waals surface area contributed by atoms with E-state index >= 15 is 0 Å². The Hall–Kier alpha value is -1.29. The predicted octanol–water partition coefficient (Wildman–Crippen LogP) is 3.36. The van der Waals surface area contributed by atoms with Crippen LogP contribution in [0.2, 0.25) is 0 Å². The Labute approximate surface area is 108 Å². The van der Waals surface area contributed by atoms with Crippen LogP contribution in [0.3, 0.4) is 0 Å². The van der Waals surface area contributed by atoms with Crippen molar-refractivity contribution < 1.29 is 9.53 Å². The number of aromatic nitrogens is 1. The molecule has 2 rings (SSSR count). The summed E-state index contributed by atoms with van der Waals surface area (Å²) in [6, 6.07) is 8.17. The Morgan fingerprint density at radius 2 is 2.24 bits per heavy atom. The molecule has 0 N–H and O–H groups in total. The lowest BCUT2D eigenvalue weighted by Crippen LogP contribution is -2.08. The molecular weight excluding hydrogens is 282 g/mol. The van der Waals surface area contributed by atoms with Crippen LogP contribution in [0.15, 0.2) is 34.9 Å². The minimum Gasteiger partial charge on any atom is -0.466 e. The first-order chi connectivity index (χ1) is 8.20. The first-order valence-electron chi connectivity index (χ1n) is 5.60. The highest BCUT2D eigenvalue weighted by atomic mass is 79.9. The lowest BCUT2D eigenvalue weighted by molar-refractivity contribution is -0.143. The molecule has 0 spiro atoms. The normalized spacial score (nSPS) is 10.7. The fraction of sp³-hybridized carbons (Fsp3) is 0.308. The van der Waals surface area contributed by atoms with Crippen molar-refractivity contribution in [1.29, 1.82) is 0 Å². The summed E-state index contributed by atoms with van der Waals surface area (Å²) in [6.45, 7) is 2.91. The zero-order chi connectivity index (χ0) is 12.3. The van der Waals surface area contributed by atoms with Crippen LogP contribution in [0.1, 0.15) is 13.3 Å². The molecule has 0 atom stereocenters. The summed E-state index contributed by atoms with van der Waals surface area (Å²) < 4.78 is 8.02. The molecule has 0 saturated heterocycles. The molecule has 4 heteroatoms. The van der Waals surface area contributed by atoms with E-state index in [1.54, 1.807) is 0 Å². The Balaban J connectivity index is 2.13. The minimum absolute atomic E-state index is 0.149. The van der Waals surface area contributed by atoms with Gasteiger partial charge >= 0.3 is 5.97 Å². The van der Waals surface area contributed by atoms with Gasteiger partial charge in [-0.3, -0.25) is 4.79 Å². The maximum atomic E-state index is 11.3. The number of carbonyl (C=O) groups excluding carboxylic acids is 1. The first kappa shape index (κ1) is 12.2. The molecule has 0 radical (unpaired) electrons. The first-order valence-corrected chi connectivity index (χ1v) is 6.40. The monoisotopic (exact) mass is 295 g/mol. The molecule has 3 nitrogen and oxygen atoms in total. The third kappa shape index (κ3) is 2.88. The SMILES string of the molecule is CCOC(=O)CCn1ccc2ccc(Br)cc21. The van der Waals surface area contributed by atoms with E-state index in [-0.39, 0.29) is 5.97 Å². The number of aryl methyl sites for hydroxylation is 1. The van der Waals surface area contributed by atoms with E-state index in [1.165, 1.54) is 5.39 Å². The van der Waals surface area contributed by atoms with E-state index in [1.807, 2.05) is 25.3 Å². The van der Waals surface area contributed by atoms with E-state index in [2.05, 4.69) is 32.6 Å². The van der Waals surface area contributed by atoms with Crippen molar-refractivity contribution in [3.8, 4) is 0 Å². The van der Waals surface area contributed by atoms with E-state index in [0.717, 1.165) is 9.99 Å². The van der Waals surface area contributed by atoms with Crippen LogP contribution < -0.4 is 0 Å². The van der Waals surface area contributed by atoms with Gasteiger partial charge in [0.25, 0.3) is 0 Å². The second kappa shape index (κ2) is 5.36. The predicted molar refractivity (Wildman–Crippen MR) is 70.9 cm³/mol. The molecule has 0 aliphatic carbocycles. The zero-order valence-electron chi connectivity index (χ0n) is 9.65. The number of nitrogens with zero attached hydrogens (tertiary/aromatic N) is 1. The number of ether oxygens (including phenoxy) is 1. The summed E-state index contributed by atoms with van der Waals surface area (Å²) in [4.78, 5) is 11.3. The Morgan fingerprint density at radius 1 is 1.41 bits per heavy atom. The van der Waals surface area contributed by atoms with Crippen molar-refractivity contribution in [1.82, 2.24) is 4.57 Å². The molecular formula is C13H14BrNO2. The van der Waals surface area contributed by atoms with Crippen LogP contribution in [0, 0.1) is 0 Å². The van der Waals surface area contributed by atoms with Gasteiger partial charge < -0.3 is 9.30 Å². The van der Waals surface area contributed by atoms with Gasteiger partial charge in [0.2, 0.25) is 0 Å². The molecule has 1 heterocycles. The summed E-state index contributed by atoms with van der Waals surface area (Å²) in [6.07, 6.45) is 2.40. The highest BCUT2D eigenvalue weighted by Crippen LogP contribution is 2.21. The molecule has 1 aromatic carbocycles. The molecule has 0 fully saturated rings. The average molecular weight is 296 g/mol. The van der Waals surface area contributed by atoms with Crippen molar-refractivity contribution >= 4 is 32.8 Å². The summed E-state index contributed by atoms with van der Waals surface area (Å²) in [5, 5.41) is 1.18. The number of halogens is 1. The van der Waals surface area contributed by atoms with Gasteiger partial charge in [0.1, 0.15) is 0 Å². The number of fused-ring (bicyclic) bond motifs is 1. The van der Waals surface area contributed by atoms with Crippen molar-refractivity contribution in [2.24, 2.45) is 0 Å². The van der Waals surface area contributed by atoms with Crippen LogP contribution in [0.25, 0.3) is 10.9 Å². The molecule has 0 bridgehead atoms. The minimum atomic E-state index is -0.149. The van der Waals surface area contributed by atoms with Gasteiger partial charge in [0.05, 0.1) is 13.0 Å².